The van der Waals surface area contributed by atoms with Crippen molar-refractivity contribution in [1.29, 1.82) is 0 Å². The maximum atomic E-state index is 13.9. The van der Waals surface area contributed by atoms with Gasteiger partial charge in [-0.05, 0) is 59.3 Å². The second kappa shape index (κ2) is 21.7. The van der Waals surface area contributed by atoms with Gasteiger partial charge >= 0.3 is 0 Å². The summed E-state index contributed by atoms with van der Waals surface area (Å²) in [6, 6.07) is 28.2. The first-order chi connectivity index (χ1) is 30.2. The molecule has 7 rings (SSSR count). The van der Waals surface area contributed by atoms with Gasteiger partial charge in [-0.15, -0.1) is 0 Å². The van der Waals surface area contributed by atoms with Crippen LogP contribution in [0.4, 0.5) is 11.4 Å². The van der Waals surface area contributed by atoms with E-state index < -0.39 is 0 Å². The molecular weight excluding hydrogens is 783 g/mol. The second-order valence-electron chi connectivity index (χ2n) is 16.9. The van der Waals surface area contributed by atoms with Crippen molar-refractivity contribution < 1.29 is 28.5 Å². The fourth-order valence-electron chi connectivity index (χ4n) is 8.31. The van der Waals surface area contributed by atoms with Crippen LogP contribution in [-0.4, -0.2) is 125 Å². The molecule has 13 nitrogen and oxygen atoms in total. The molecule has 1 fully saturated rings. The first-order valence-electron chi connectivity index (χ1n) is 21.7. The third-order valence-corrected chi connectivity index (χ3v) is 11.6. The van der Waals surface area contributed by atoms with Gasteiger partial charge in [-0.3, -0.25) is 24.5 Å². The number of nitrogens with zero attached hydrogens (tertiary/aromatic N) is 4. The molecule has 3 N–H and O–H groups in total. The number of nitrogens with one attached hydrogen (secondary N) is 3. The smallest absolute Gasteiger partial charge is 0.241 e. The molecule has 2 aromatic heterocycles. The Morgan fingerprint density at radius 1 is 0.919 bits per heavy atom. The fraction of sp³-hybridized carbons (Fsp3) is 0.429. The largest absolute Gasteiger partial charge is 0.491 e. The summed E-state index contributed by atoms with van der Waals surface area (Å²) in [5, 5.41) is 12.0. The highest BCUT2D eigenvalue weighted by Crippen LogP contribution is 2.40. The number of hydrogen-bond donors (Lipinski definition) is 3. The molecule has 4 heterocycles. The number of ether oxygens (including phenoxy) is 4. The number of aromatic nitrogens is 2. The molecule has 0 saturated carbocycles. The maximum Gasteiger partial charge on any atom is 0.241 e. The summed E-state index contributed by atoms with van der Waals surface area (Å²) in [5.74, 6) is 0.431. The highest BCUT2D eigenvalue weighted by Gasteiger charge is 2.40. The predicted octanol–water partition coefficient (Wildman–Crippen LogP) is 5.58. The molecule has 0 unspecified atom stereocenters. The van der Waals surface area contributed by atoms with E-state index >= 15 is 0 Å². The fourth-order valence-corrected chi connectivity index (χ4v) is 8.31. The number of methoxy groups -OCH3 is 1. The number of amides is 2. The second-order valence-corrected chi connectivity index (χ2v) is 16.9. The van der Waals surface area contributed by atoms with Crippen molar-refractivity contribution in [2.75, 3.05) is 96.2 Å². The Balaban J connectivity index is 0.828. The van der Waals surface area contributed by atoms with Crippen molar-refractivity contribution in [2.45, 2.75) is 50.6 Å². The van der Waals surface area contributed by atoms with Crippen LogP contribution in [-0.2, 0) is 35.6 Å². The molecule has 5 aromatic rings. The lowest BCUT2D eigenvalue weighted by molar-refractivity contribution is -0.121. The van der Waals surface area contributed by atoms with E-state index in [4.69, 9.17) is 23.9 Å². The number of carbonyl (C=O) groups is 2. The monoisotopic (exact) mass is 843 g/mol. The van der Waals surface area contributed by atoms with Crippen molar-refractivity contribution in [2.24, 2.45) is 0 Å². The quantitative estimate of drug-likeness (QED) is 0.0799. The Bertz CT molecular complexity index is 2240. The topological polar surface area (TPSA) is 139 Å². The average Bonchev–Trinajstić information content (AvgIpc) is 3.55. The van der Waals surface area contributed by atoms with E-state index in [1.165, 1.54) is 0 Å². The summed E-state index contributed by atoms with van der Waals surface area (Å²) < 4.78 is 23.3. The zero-order chi connectivity index (χ0) is 43.3. The summed E-state index contributed by atoms with van der Waals surface area (Å²) in [6.45, 7) is 12.8. The van der Waals surface area contributed by atoms with Crippen LogP contribution < -0.4 is 25.6 Å². The van der Waals surface area contributed by atoms with Crippen LogP contribution in [0.5, 0.6) is 5.75 Å². The Morgan fingerprint density at radius 3 is 2.55 bits per heavy atom. The Kier molecular flexibility index (Phi) is 15.7. The van der Waals surface area contributed by atoms with E-state index in [2.05, 4.69) is 58.7 Å². The zero-order valence-electron chi connectivity index (χ0n) is 36.5. The molecule has 0 aliphatic carbocycles. The number of hydrogen-bond acceptors (Lipinski definition) is 11. The number of anilines is 2. The van der Waals surface area contributed by atoms with Gasteiger partial charge in [0, 0.05) is 93.4 Å². The maximum absolute atomic E-state index is 13.9. The van der Waals surface area contributed by atoms with Crippen LogP contribution in [0, 0.1) is 0 Å². The third kappa shape index (κ3) is 11.8. The van der Waals surface area contributed by atoms with Crippen molar-refractivity contribution in [3.8, 4) is 5.75 Å². The lowest BCUT2D eigenvalue weighted by Gasteiger charge is -2.39. The number of rotatable bonds is 21. The molecule has 2 aliphatic rings. The third-order valence-electron chi connectivity index (χ3n) is 11.6. The number of piperazine rings is 1. The van der Waals surface area contributed by atoms with E-state index in [9.17, 15) is 9.59 Å². The minimum absolute atomic E-state index is 0.0751. The molecule has 1 saturated heterocycles. The van der Waals surface area contributed by atoms with Gasteiger partial charge in [0.05, 0.1) is 56.9 Å². The van der Waals surface area contributed by atoms with Gasteiger partial charge < -0.3 is 39.8 Å². The van der Waals surface area contributed by atoms with Crippen molar-refractivity contribution in [1.82, 2.24) is 25.5 Å². The van der Waals surface area contributed by atoms with Crippen LogP contribution in [0.3, 0.4) is 0 Å². The number of para-hydroxylation sites is 1. The molecule has 2 amide bonds. The molecule has 3 aromatic carbocycles. The standard InChI is InChI=1S/C49H61N7O6/c1-35-31-55(42(29-52-35)33-59-4)32-46(57)56-34-49(2,3)47-44(56)25-36(27-53-47)24-39-12-8-9-13-45(39)62-23-22-61-21-20-60-19-18-51-30-43(37-10-6-5-7-11-37)48(58)54-41-15-14-40-28-50-17-16-38(40)26-41/h5-17,25-28,35,42-43,51-52H,18-24,29-34H2,1-4H3,(H,54,58)/t35-,42-,43-/m1/s1. The van der Waals surface area contributed by atoms with Gasteiger partial charge in [-0.25, -0.2) is 0 Å². The van der Waals surface area contributed by atoms with Gasteiger partial charge in [0.2, 0.25) is 11.8 Å². The van der Waals surface area contributed by atoms with Crippen LogP contribution in [0.2, 0.25) is 0 Å². The van der Waals surface area contributed by atoms with Gasteiger partial charge in [-0.1, -0.05) is 68.4 Å². The lowest BCUT2D eigenvalue weighted by Crippen LogP contribution is -2.59. The molecule has 13 heteroatoms. The van der Waals surface area contributed by atoms with Crippen LogP contribution in [0.15, 0.2) is 104 Å². The summed E-state index contributed by atoms with van der Waals surface area (Å²) in [4.78, 5) is 40.6. The lowest BCUT2D eigenvalue weighted by atomic mass is 9.91. The predicted molar refractivity (Wildman–Crippen MR) is 243 cm³/mol. The minimum atomic E-state index is -0.372. The number of carbonyl (C=O) groups excluding carboxylic acids is 2. The van der Waals surface area contributed by atoms with Crippen molar-refractivity contribution in [3.05, 3.63) is 126 Å². The summed E-state index contributed by atoms with van der Waals surface area (Å²) in [7, 11) is 1.71. The molecule has 2 aliphatic heterocycles. The Labute approximate surface area is 365 Å². The summed E-state index contributed by atoms with van der Waals surface area (Å²) in [5.41, 5.74) is 5.34. The molecule has 0 radical (unpaired) electrons. The molecule has 0 bridgehead atoms. The highest BCUT2D eigenvalue weighted by molar-refractivity contribution is 5.98. The number of pyridine rings is 2. The Hall–Kier alpha value is -5.28. The highest BCUT2D eigenvalue weighted by atomic mass is 16.5. The van der Waals surface area contributed by atoms with Gasteiger partial charge in [0.1, 0.15) is 12.4 Å². The zero-order valence-corrected chi connectivity index (χ0v) is 36.5. The molecule has 62 heavy (non-hydrogen) atoms. The molecule has 3 atom stereocenters. The van der Waals surface area contributed by atoms with Crippen LogP contribution in [0.1, 0.15) is 49.1 Å². The van der Waals surface area contributed by atoms with Crippen LogP contribution >= 0.6 is 0 Å². The molecule has 0 spiro atoms. The van der Waals surface area contributed by atoms with Gasteiger partial charge in [0.15, 0.2) is 0 Å². The van der Waals surface area contributed by atoms with E-state index in [0.717, 1.165) is 63.4 Å². The van der Waals surface area contributed by atoms with Crippen molar-refractivity contribution in [3.63, 3.8) is 0 Å². The van der Waals surface area contributed by atoms with Gasteiger partial charge in [0.25, 0.3) is 0 Å². The van der Waals surface area contributed by atoms with E-state index in [0.29, 0.717) is 78.3 Å². The summed E-state index contributed by atoms with van der Waals surface area (Å²) in [6.07, 6.45) is 6.11. The molecular formula is C49H61N7O6. The first kappa shape index (κ1) is 44.8. The van der Waals surface area contributed by atoms with E-state index in [1.807, 2.05) is 90.1 Å². The number of fused-ring (bicyclic) bond motifs is 2. The Morgan fingerprint density at radius 2 is 1.71 bits per heavy atom. The van der Waals surface area contributed by atoms with Gasteiger partial charge in [-0.2, -0.15) is 0 Å². The first-order valence-corrected chi connectivity index (χ1v) is 21.7. The minimum Gasteiger partial charge on any atom is -0.491 e. The number of benzene rings is 3. The SMILES string of the molecule is COC[C@H]1CN[C@H](C)CN1CC(=O)N1CC(C)(C)c2ncc(Cc3ccccc3OCCOCCOCCNC[C@@H](C(=O)Nc3ccc4cnccc4c3)c3ccccc3)cc21. The summed E-state index contributed by atoms with van der Waals surface area (Å²) >= 11 is 0. The van der Waals surface area contributed by atoms with E-state index in [1.54, 1.807) is 13.3 Å². The average molecular weight is 844 g/mol. The van der Waals surface area contributed by atoms with E-state index in [-0.39, 0.29) is 29.2 Å². The molecule has 328 valence electrons. The van der Waals surface area contributed by atoms with Crippen molar-refractivity contribution >= 4 is 34.0 Å². The normalized spacial score (nSPS) is 17.8. The van der Waals surface area contributed by atoms with Crippen LogP contribution in [0.25, 0.3) is 10.8 Å².